The van der Waals surface area contributed by atoms with E-state index >= 15 is 0 Å². The third-order valence-electron chi connectivity index (χ3n) is 4.25. The smallest absolute Gasteiger partial charge is 0.238 e. The number of rotatable bonds is 2. The average molecular weight is 320 g/mol. The summed E-state index contributed by atoms with van der Waals surface area (Å²) in [6.07, 6.45) is 3.17. The Hall–Kier alpha value is -1.99. The molecule has 1 aliphatic carbocycles. The van der Waals surface area contributed by atoms with E-state index in [0.717, 1.165) is 10.5 Å². The van der Waals surface area contributed by atoms with Gasteiger partial charge in [-0.1, -0.05) is 11.6 Å². The van der Waals surface area contributed by atoms with Crippen LogP contribution in [0.4, 0.5) is 5.69 Å². The first kappa shape index (κ1) is 14.9. The van der Waals surface area contributed by atoms with Gasteiger partial charge in [-0.2, -0.15) is 0 Å². The van der Waals surface area contributed by atoms with Gasteiger partial charge in [0.1, 0.15) is 0 Å². The van der Waals surface area contributed by atoms with Crippen molar-refractivity contribution in [3.63, 3.8) is 0 Å². The first-order valence-corrected chi connectivity index (χ1v) is 8.50. The van der Waals surface area contributed by atoms with Crippen LogP contribution in [-0.4, -0.2) is 20.2 Å². The van der Waals surface area contributed by atoms with Crippen LogP contribution >= 0.6 is 0 Å². The zero-order valence-electron chi connectivity index (χ0n) is 12.0. The van der Waals surface area contributed by atoms with Crippen LogP contribution in [-0.2, 0) is 19.6 Å². The Morgan fingerprint density at radius 3 is 2.27 bits per heavy atom. The summed E-state index contributed by atoms with van der Waals surface area (Å²) in [5, 5.41) is 5.04. The van der Waals surface area contributed by atoms with Crippen molar-refractivity contribution in [1.29, 1.82) is 0 Å². The van der Waals surface area contributed by atoms with Gasteiger partial charge in [-0.25, -0.2) is 13.6 Å². The van der Waals surface area contributed by atoms with E-state index in [1.165, 1.54) is 24.3 Å². The summed E-state index contributed by atoms with van der Waals surface area (Å²) in [4.78, 5) is 26.1. The van der Waals surface area contributed by atoms with Gasteiger partial charge >= 0.3 is 0 Å². The predicted molar refractivity (Wildman–Crippen MR) is 80.3 cm³/mol. The molecule has 0 bridgehead atoms. The van der Waals surface area contributed by atoms with Crippen molar-refractivity contribution in [1.82, 2.24) is 0 Å². The topological polar surface area (TPSA) is 97.5 Å². The minimum atomic E-state index is -3.80. The Bertz CT molecular complexity index is 780. The molecule has 1 saturated heterocycles. The molecule has 1 aromatic rings. The number of hydrogen-bond donors (Lipinski definition) is 1. The van der Waals surface area contributed by atoms with Crippen LogP contribution in [0, 0.1) is 11.8 Å². The minimum Gasteiger partial charge on any atom is -0.274 e. The number of primary sulfonamides is 1. The van der Waals surface area contributed by atoms with Gasteiger partial charge in [0.25, 0.3) is 0 Å². The second-order valence-electron chi connectivity index (χ2n) is 5.75. The van der Waals surface area contributed by atoms with Crippen LogP contribution in [0.2, 0.25) is 0 Å². The maximum Gasteiger partial charge on any atom is 0.238 e. The molecule has 6 nitrogen and oxygen atoms in total. The number of fused-ring (bicyclic) bond motifs is 1. The number of hydrogen-bond acceptors (Lipinski definition) is 4. The molecule has 1 aliphatic heterocycles. The number of allylic oxidation sites excluding steroid dienone is 2. The molecule has 0 saturated carbocycles. The second-order valence-corrected chi connectivity index (χ2v) is 7.32. The molecular formula is C15H16N2O4S. The number of carbonyl (C=O) groups excluding carboxylic acids is 2. The van der Waals surface area contributed by atoms with Gasteiger partial charge < -0.3 is 0 Å². The standard InChI is InChI=1S/C15H16N2O4S/c1-9-2-7-12-13(8-9)15(19)17(14(12)18)10-3-5-11(6-4-10)22(16,20)21/h2-6,12-13H,7-8H2,1H3,(H2,16,20,21)/t12-,13+/m0/s1. The molecule has 1 aromatic carbocycles. The summed E-state index contributed by atoms with van der Waals surface area (Å²) in [7, 11) is -3.80. The van der Waals surface area contributed by atoms with E-state index in [0.29, 0.717) is 18.5 Å². The molecule has 0 aromatic heterocycles. The number of carbonyl (C=O) groups is 2. The van der Waals surface area contributed by atoms with Crippen molar-refractivity contribution >= 4 is 27.5 Å². The van der Waals surface area contributed by atoms with E-state index in [1.807, 2.05) is 13.0 Å². The lowest BCUT2D eigenvalue weighted by molar-refractivity contribution is -0.122. The molecule has 0 radical (unpaired) electrons. The fourth-order valence-electron chi connectivity index (χ4n) is 3.08. The largest absolute Gasteiger partial charge is 0.274 e. The van der Waals surface area contributed by atoms with E-state index in [-0.39, 0.29) is 28.5 Å². The molecule has 3 rings (SSSR count). The van der Waals surface area contributed by atoms with Crippen LogP contribution < -0.4 is 10.0 Å². The first-order valence-electron chi connectivity index (χ1n) is 6.95. The fourth-order valence-corrected chi connectivity index (χ4v) is 3.59. The molecule has 2 aliphatic rings. The molecule has 22 heavy (non-hydrogen) atoms. The van der Waals surface area contributed by atoms with Crippen LogP contribution in [0.1, 0.15) is 19.8 Å². The number of benzene rings is 1. The van der Waals surface area contributed by atoms with Crippen LogP contribution in [0.3, 0.4) is 0 Å². The van der Waals surface area contributed by atoms with Crippen molar-refractivity contribution in [3.05, 3.63) is 35.9 Å². The molecule has 0 unspecified atom stereocenters. The summed E-state index contributed by atoms with van der Waals surface area (Å²) in [6.45, 7) is 1.96. The average Bonchev–Trinajstić information content (AvgIpc) is 2.70. The maximum atomic E-state index is 12.5. The maximum absolute atomic E-state index is 12.5. The zero-order chi connectivity index (χ0) is 16.1. The molecule has 2 atom stereocenters. The number of sulfonamides is 1. The number of amides is 2. The third kappa shape index (κ3) is 2.36. The molecule has 7 heteroatoms. The lowest BCUT2D eigenvalue weighted by atomic mass is 9.82. The molecule has 2 N–H and O–H groups in total. The number of nitrogens with two attached hydrogens (primary N) is 1. The van der Waals surface area contributed by atoms with Crippen LogP contribution in [0.5, 0.6) is 0 Å². The van der Waals surface area contributed by atoms with Crippen molar-refractivity contribution in [2.75, 3.05) is 4.90 Å². The Morgan fingerprint density at radius 1 is 1.09 bits per heavy atom. The number of anilines is 1. The SMILES string of the molecule is CC1=CC[C@@H]2C(=O)N(c3ccc(S(N)(=O)=O)cc3)C(=O)[C@@H]2C1. The van der Waals surface area contributed by atoms with E-state index < -0.39 is 10.0 Å². The van der Waals surface area contributed by atoms with Gasteiger partial charge in [0.05, 0.1) is 22.4 Å². The molecule has 116 valence electrons. The van der Waals surface area contributed by atoms with Crippen molar-refractivity contribution < 1.29 is 18.0 Å². The predicted octanol–water partition coefficient (Wildman–Crippen LogP) is 1.18. The quantitative estimate of drug-likeness (QED) is 0.653. The monoisotopic (exact) mass is 320 g/mol. The minimum absolute atomic E-state index is 0.0507. The highest BCUT2D eigenvalue weighted by Crippen LogP contribution is 2.39. The molecule has 1 heterocycles. The van der Waals surface area contributed by atoms with Gasteiger partial charge in [-0.15, -0.1) is 0 Å². The second kappa shape index (κ2) is 5.03. The lowest BCUT2D eigenvalue weighted by Crippen LogP contribution is -2.30. The van der Waals surface area contributed by atoms with Gasteiger partial charge in [0.15, 0.2) is 0 Å². The molecule has 2 amide bonds. The Labute approximate surface area is 128 Å². The highest BCUT2D eigenvalue weighted by Gasteiger charge is 2.48. The first-order chi connectivity index (χ1) is 10.3. The van der Waals surface area contributed by atoms with E-state index in [1.54, 1.807) is 0 Å². The number of nitrogens with zero attached hydrogens (tertiary/aromatic N) is 1. The molecule has 1 fully saturated rings. The van der Waals surface area contributed by atoms with Gasteiger partial charge in [-0.05, 0) is 44.0 Å². The lowest BCUT2D eigenvalue weighted by Gasteiger charge is -2.18. The molecular weight excluding hydrogens is 304 g/mol. The normalized spacial score (nSPS) is 25.2. The van der Waals surface area contributed by atoms with Crippen molar-refractivity contribution in [2.24, 2.45) is 17.0 Å². The highest BCUT2D eigenvalue weighted by atomic mass is 32.2. The summed E-state index contributed by atoms with van der Waals surface area (Å²) < 4.78 is 22.5. The van der Waals surface area contributed by atoms with E-state index in [4.69, 9.17) is 5.14 Å². The summed E-state index contributed by atoms with van der Waals surface area (Å²) in [6, 6.07) is 5.48. The van der Waals surface area contributed by atoms with E-state index in [2.05, 4.69) is 0 Å². The van der Waals surface area contributed by atoms with Crippen molar-refractivity contribution in [3.8, 4) is 0 Å². The zero-order valence-corrected chi connectivity index (χ0v) is 12.8. The summed E-state index contributed by atoms with van der Waals surface area (Å²) in [5.74, 6) is -1.06. The summed E-state index contributed by atoms with van der Waals surface area (Å²) >= 11 is 0. The van der Waals surface area contributed by atoms with Crippen LogP contribution in [0.15, 0.2) is 40.8 Å². The number of imide groups is 1. The van der Waals surface area contributed by atoms with Gasteiger partial charge in [0, 0.05) is 0 Å². The Morgan fingerprint density at radius 2 is 1.68 bits per heavy atom. The van der Waals surface area contributed by atoms with E-state index in [9.17, 15) is 18.0 Å². The third-order valence-corrected chi connectivity index (χ3v) is 5.18. The Kier molecular flexibility index (Phi) is 3.41. The van der Waals surface area contributed by atoms with Gasteiger partial charge in [-0.3, -0.25) is 14.5 Å². The summed E-state index contributed by atoms with van der Waals surface area (Å²) in [5.41, 5.74) is 1.50. The van der Waals surface area contributed by atoms with Crippen LogP contribution in [0.25, 0.3) is 0 Å². The Balaban J connectivity index is 1.93. The molecule has 0 spiro atoms. The van der Waals surface area contributed by atoms with Gasteiger partial charge in [0.2, 0.25) is 21.8 Å². The highest BCUT2D eigenvalue weighted by molar-refractivity contribution is 7.89. The fraction of sp³-hybridized carbons (Fsp3) is 0.333. The van der Waals surface area contributed by atoms with Crippen molar-refractivity contribution in [2.45, 2.75) is 24.7 Å².